The van der Waals surface area contributed by atoms with Crippen LogP contribution in [0.5, 0.6) is 0 Å². The highest BCUT2D eigenvalue weighted by atomic mass is 14.1. The molecule has 0 aliphatic heterocycles. The summed E-state index contributed by atoms with van der Waals surface area (Å²) in [4.78, 5) is 0. The molecule has 3 aromatic carbocycles. The van der Waals surface area contributed by atoms with Crippen molar-refractivity contribution in [3.05, 3.63) is 65.7 Å². The number of rotatable bonds is 0. The van der Waals surface area contributed by atoms with Crippen molar-refractivity contribution in [2.24, 2.45) is 0 Å². The topological polar surface area (TPSA) is 0 Å². The lowest BCUT2D eigenvalue weighted by molar-refractivity contribution is 0.990. The maximum atomic E-state index is 2.30. The average Bonchev–Trinajstić information content (AvgIpc) is 2.46. The predicted octanol–water partition coefficient (Wildman–Crippen LogP) is 4.95. The molecule has 0 amide bonds. The van der Waals surface area contributed by atoms with Gasteiger partial charge < -0.3 is 0 Å². The minimum atomic E-state index is 1.17. The van der Waals surface area contributed by atoms with E-state index in [0.29, 0.717) is 0 Å². The van der Waals surface area contributed by atoms with Crippen molar-refractivity contribution in [3.63, 3.8) is 0 Å². The predicted molar refractivity (Wildman–Crippen MR) is 78.8 cm³/mol. The van der Waals surface area contributed by atoms with Crippen molar-refractivity contribution in [2.45, 2.75) is 12.8 Å². The zero-order valence-electron chi connectivity index (χ0n) is 10.2. The number of hydrogen-bond acceptors (Lipinski definition) is 0. The summed E-state index contributed by atoms with van der Waals surface area (Å²) in [5.74, 6) is 0. The van der Waals surface area contributed by atoms with Crippen LogP contribution >= 0.6 is 0 Å². The highest BCUT2D eigenvalue weighted by Crippen LogP contribution is 2.33. The van der Waals surface area contributed by atoms with Crippen LogP contribution in [0.15, 0.2) is 54.6 Å². The van der Waals surface area contributed by atoms with Crippen molar-refractivity contribution < 1.29 is 0 Å². The molecule has 1 aliphatic carbocycles. The lowest BCUT2D eigenvalue weighted by Gasteiger charge is -2.15. The van der Waals surface area contributed by atoms with Crippen molar-refractivity contribution in [3.8, 4) is 0 Å². The van der Waals surface area contributed by atoms with Crippen LogP contribution < -0.4 is 0 Å². The van der Waals surface area contributed by atoms with E-state index < -0.39 is 0 Å². The van der Waals surface area contributed by atoms with Gasteiger partial charge >= 0.3 is 0 Å². The largest absolute Gasteiger partial charge is 0.0836 e. The molecule has 4 rings (SSSR count). The molecule has 0 N–H and O–H groups in total. The molecule has 0 unspecified atom stereocenters. The first-order valence-electron chi connectivity index (χ1n) is 6.53. The third-order valence-corrected chi connectivity index (χ3v) is 3.91. The van der Waals surface area contributed by atoms with Crippen molar-refractivity contribution >= 4 is 27.6 Å². The Balaban J connectivity index is 2.26. The molecular weight excluding hydrogens is 216 g/mol. The molecule has 0 atom stereocenters. The van der Waals surface area contributed by atoms with Gasteiger partial charge in [0.2, 0.25) is 0 Å². The number of hydrogen-bond donors (Lipinski definition) is 0. The zero-order chi connectivity index (χ0) is 11.9. The van der Waals surface area contributed by atoms with Gasteiger partial charge in [0, 0.05) is 0 Å². The van der Waals surface area contributed by atoms with E-state index in [9.17, 15) is 0 Å². The monoisotopic (exact) mass is 230 g/mol. The standard InChI is InChI=1S/C18H14/c1-3-7-16-13(5-1)9-11-15-12-10-14-6-2-4-8-17(14)18(15)16/h1,3-5,7-12H,2,6H2. The summed E-state index contributed by atoms with van der Waals surface area (Å²) >= 11 is 0. The van der Waals surface area contributed by atoms with E-state index in [1.165, 1.54) is 45.5 Å². The van der Waals surface area contributed by atoms with Gasteiger partial charge in [-0.2, -0.15) is 0 Å². The van der Waals surface area contributed by atoms with Gasteiger partial charge in [0.05, 0.1) is 0 Å². The van der Waals surface area contributed by atoms with Crippen LogP contribution in [-0.4, -0.2) is 0 Å². The maximum Gasteiger partial charge on any atom is -0.00302 e. The molecule has 0 nitrogen and oxygen atoms in total. The molecule has 0 heteroatoms. The highest BCUT2D eigenvalue weighted by molar-refractivity contribution is 6.11. The summed E-state index contributed by atoms with van der Waals surface area (Å²) in [5.41, 5.74) is 2.91. The average molecular weight is 230 g/mol. The van der Waals surface area contributed by atoms with E-state index in [-0.39, 0.29) is 0 Å². The SMILES string of the molecule is C1=Cc2c(ccc3ccc4ccccc4c23)CC1. The Morgan fingerprint density at radius 1 is 0.778 bits per heavy atom. The fourth-order valence-corrected chi connectivity index (χ4v) is 3.02. The number of allylic oxidation sites excluding steroid dienone is 1. The summed E-state index contributed by atoms with van der Waals surface area (Å²) in [5, 5.41) is 5.47. The van der Waals surface area contributed by atoms with Crippen LogP contribution in [0.2, 0.25) is 0 Å². The van der Waals surface area contributed by atoms with Gasteiger partial charge in [-0.25, -0.2) is 0 Å². The Labute approximate surface area is 107 Å². The Bertz CT molecular complexity index is 778. The summed E-state index contributed by atoms with van der Waals surface area (Å²) in [6, 6.07) is 17.7. The molecule has 0 aromatic heterocycles. The van der Waals surface area contributed by atoms with Gasteiger partial charge in [0.15, 0.2) is 0 Å². The third-order valence-electron chi connectivity index (χ3n) is 3.91. The molecular formula is C18H14. The molecule has 0 bridgehead atoms. The van der Waals surface area contributed by atoms with Gasteiger partial charge in [-0.3, -0.25) is 0 Å². The third kappa shape index (κ3) is 1.32. The van der Waals surface area contributed by atoms with Crippen molar-refractivity contribution in [1.82, 2.24) is 0 Å². The summed E-state index contributed by atoms with van der Waals surface area (Å²) < 4.78 is 0. The molecule has 86 valence electrons. The second-order valence-electron chi connectivity index (χ2n) is 4.96. The second-order valence-corrected chi connectivity index (χ2v) is 4.96. The van der Waals surface area contributed by atoms with Gasteiger partial charge in [0.1, 0.15) is 0 Å². The first-order valence-corrected chi connectivity index (χ1v) is 6.53. The van der Waals surface area contributed by atoms with Crippen LogP contribution in [-0.2, 0) is 6.42 Å². The lowest BCUT2D eigenvalue weighted by Crippen LogP contribution is -1.95. The van der Waals surface area contributed by atoms with Gasteiger partial charge in [-0.05, 0) is 45.5 Å². The van der Waals surface area contributed by atoms with Crippen molar-refractivity contribution in [2.75, 3.05) is 0 Å². The summed E-state index contributed by atoms with van der Waals surface area (Å²) in [6.45, 7) is 0. The van der Waals surface area contributed by atoms with E-state index in [1.807, 2.05) is 0 Å². The fraction of sp³-hybridized carbons (Fsp3) is 0.111. The van der Waals surface area contributed by atoms with Gasteiger partial charge in [0.25, 0.3) is 0 Å². The molecule has 0 heterocycles. The molecule has 0 radical (unpaired) electrons. The van der Waals surface area contributed by atoms with Crippen LogP contribution in [0.1, 0.15) is 17.5 Å². The van der Waals surface area contributed by atoms with E-state index in [1.54, 1.807) is 0 Å². The minimum Gasteiger partial charge on any atom is -0.0836 e. The summed E-state index contributed by atoms with van der Waals surface area (Å²) in [7, 11) is 0. The Kier molecular flexibility index (Phi) is 2.04. The Hall–Kier alpha value is -2.08. The first-order chi connectivity index (χ1) is 8.93. The molecule has 18 heavy (non-hydrogen) atoms. The van der Waals surface area contributed by atoms with Crippen LogP contribution in [0.3, 0.4) is 0 Å². The molecule has 0 spiro atoms. The van der Waals surface area contributed by atoms with E-state index in [0.717, 1.165) is 0 Å². The van der Waals surface area contributed by atoms with Gasteiger partial charge in [-0.1, -0.05) is 60.7 Å². The van der Waals surface area contributed by atoms with Gasteiger partial charge in [-0.15, -0.1) is 0 Å². The summed E-state index contributed by atoms with van der Waals surface area (Å²) in [6.07, 6.45) is 6.94. The zero-order valence-corrected chi connectivity index (χ0v) is 10.2. The molecule has 0 fully saturated rings. The number of aryl methyl sites for hydroxylation is 1. The number of benzene rings is 3. The minimum absolute atomic E-state index is 1.17. The highest BCUT2D eigenvalue weighted by Gasteiger charge is 2.10. The molecule has 0 saturated carbocycles. The number of fused-ring (bicyclic) bond motifs is 5. The maximum absolute atomic E-state index is 2.30. The van der Waals surface area contributed by atoms with E-state index >= 15 is 0 Å². The molecule has 3 aromatic rings. The lowest BCUT2D eigenvalue weighted by atomic mass is 9.90. The Morgan fingerprint density at radius 3 is 2.61 bits per heavy atom. The second kappa shape index (κ2) is 3.71. The normalized spacial score (nSPS) is 14.0. The Morgan fingerprint density at radius 2 is 1.61 bits per heavy atom. The quantitative estimate of drug-likeness (QED) is 0.479. The van der Waals surface area contributed by atoms with Crippen LogP contribution in [0.25, 0.3) is 27.6 Å². The fourth-order valence-electron chi connectivity index (χ4n) is 3.02. The molecule has 1 aliphatic rings. The smallest absolute Gasteiger partial charge is 0.00302 e. The van der Waals surface area contributed by atoms with Crippen molar-refractivity contribution in [1.29, 1.82) is 0 Å². The van der Waals surface area contributed by atoms with Crippen LogP contribution in [0.4, 0.5) is 0 Å². The van der Waals surface area contributed by atoms with E-state index in [2.05, 4.69) is 60.7 Å². The van der Waals surface area contributed by atoms with Crippen LogP contribution in [0, 0.1) is 0 Å². The molecule has 0 saturated heterocycles. The first kappa shape index (κ1) is 9.90. The van der Waals surface area contributed by atoms with E-state index in [4.69, 9.17) is 0 Å².